The second-order valence-electron chi connectivity index (χ2n) is 3.97. The van der Waals surface area contributed by atoms with Crippen molar-refractivity contribution in [3.05, 3.63) is 29.1 Å². The molecule has 0 spiro atoms. The van der Waals surface area contributed by atoms with Crippen LogP contribution in [0.15, 0.2) is 28.6 Å². The van der Waals surface area contributed by atoms with Crippen molar-refractivity contribution in [2.24, 2.45) is 16.5 Å². The number of ether oxygens (including phenoxy) is 1. The smallest absolute Gasteiger partial charge is 0.212 e. The summed E-state index contributed by atoms with van der Waals surface area (Å²) in [6.45, 7) is 0.759. The number of nitrogens with zero attached hydrogens (tertiary/aromatic N) is 2. The maximum atomic E-state index is 5.47. The van der Waals surface area contributed by atoms with Crippen molar-refractivity contribution < 1.29 is 4.74 Å². The number of rotatable bonds is 2. The van der Waals surface area contributed by atoms with Crippen LogP contribution in [0, 0.1) is 0 Å². The molecule has 0 bridgehead atoms. The van der Waals surface area contributed by atoms with Crippen LogP contribution in [0.2, 0.25) is 0 Å². The summed E-state index contributed by atoms with van der Waals surface area (Å²) in [5.41, 5.74) is 13.8. The lowest BCUT2D eigenvalue weighted by Crippen LogP contribution is -2.21. The normalized spacial score (nSPS) is 12.9. The van der Waals surface area contributed by atoms with Crippen LogP contribution in [0.4, 0.5) is 5.13 Å². The van der Waals surface area contributed by atoms with Crippen molar-refractivity contribution in [3.8, 4) is 17.0 Å². The highest BCUT2D eigenvalue weighted by molar-refractivity contribution is 7.13. The summed E-state index contributed by atoms with van der Waals surface area (Å²) in [4.78, 5) is 8.31. The molecule has 0 saturated carbocycles. The van der Waals surface area contributed by atoms with Crippen molar-refractivity contribution in [1.29, 1.82) is 0 Å². The second-order valence-corrected chi connectivity index (χ2v) is 4.81. The number of thiazole rings is 1. The van der Waals surface area contributed by atoms with Crippen LogP contribution in [-0.2, 0) is 6.42 Å². The first-order valence-electron chi connectivity index (χ1n) is 5.53. The highest BCUT2D eigenvalue weighted by atomic mass is 32.1. The Kier molecular flexibility index (Phi) is 2.64. The Morgan fingerprint density at radius 1 is 1.39 bits per heavy atom. The van der Waals surface area contributed by atoms with Gasteiger partial charge < -0.3 is 16.2 Å². The van der Waals surface area contributed by atoms with Crippen LogP contribution in [0.3, 0.4) is 0 Å². The summed E-state index contributed by atoms with van der Waals surface area (Å²) < 4.78 is 5.47. The third-order valence-corrected chi connectivity index (χ3v) is 3.44. The molecule has 4 N–H and O–H groups in total. The minimum absolute atomic E-state index is 0.0262. The number of fused-ring (bicyclic) bond motifs is 1. The summed E-state index contributed by atoms with van der Waals surface area (Å²) in [6, 6.07) is 6.09. The number of guanidine groups is 1. The lowest BCUT2D eigenvalue weighted by Gasteiger charge is -2.00. The van der Waals surface area contributed by atoms with E-state index in [1.807, 2.05) is 17.5 Å². The fourth-order valence-corrected chi connectivity index (χ4v) is 2.62. The van der Waals surface area contributed by atoms with Crippen LogP contribution < -0.4 is 16.2 Å². The van der Waals surface area contributed by atoms with Crippen LogP contribution >= 0.6 is 11.3 Å². The fraction of sp³-hybridized carbons (Fsp3) is 0.167. The number of benzene rings is 1. The molecule has 3 rings (SSSR count). The SMILES string of the molecule is NC(N)=Nc1nc(-c2ccc3c(c2)CCO3)cs1. The molecule has 2 aromatic rings. The summed E-state index contributed by atoms with van der Waals surface area (Å²) in [5, 5.41) is 2.51. The Morgan fingerprint density at radius 3 is 3.11 bits per heavy atom. The van der Waals surface area contributed by atoms with E-state index in [9.17, 15) is 0 Å². The standard InChI is InChI=1S/C12H12N4OS/c13-11(14)16-12-15-9(6-18-12)7-1-2-10-8(5-7)3-4-17-10/h1-2,5-6H,3-4H2,(H4,13,14,15,16). The topological polar surface area (TPSA) is 86.5 Å². The number of nitrogens with two attached hydrogens (primary N) is 2. The molecule has 92 valence electrons. The van der Waals surface area contributed by atoms with Gasteiger partial charge in [-0.15, -0.1) is 11.3 Å². The Bertz CT molecular complexity index is 616. The van der Waals surface area contributed by atoms with E-state index in [0.29, 0.717) is 5.13 Å². The molecule has 0 radical (unpaired) electrons. The van der Waals surface area contributed by atoms with Gasteiger partial charge >= 0.3 is 0 Å². The Hall–Kier alpha value is -2.08. The highest BCUT2D eigenvalue weighted by Gasteiger charge is 2.13. The zero-order valence-corrected chi connectivity index (χ0v) is 10.4. The Morgan fingerprint density at radius 2 is 2.28 bits per heavy atom. The summed E-state index contributed by atoms with van der Waals surface area (Å²) in [6.07, 6.45) is 0.952. The predicted octanol–water partition coefficient (Wildman–Crippen LogP) is 1.65. The van der Waals surface area contributed by atoms with Crippen LogP contribution in [0.1, 0.15) is 5.56 Å². The summed E-state index contributed by atoms with van der Waals surface area (Å²) >= 11 is 1.42. The van der Waals surface area contributed by atoms with Gasteiger partial charge in [0.1, 0.15) is 5.75 Å². The Balaban J connectivity index is 1.95. The fourth-order valence-electron chi connectivity index (χ4n) is 1.90. The molecular formula is C12H12N4OS. The molecule has 18 heavy (non-hydrogen) atoms. The molecule has 1 aliphatic heterocycles. The maximum Gasteiger partial charge on any atom is 0.212 e. The van der Waals surface area contributed by atoms with Gasteiger partial charge in [0.2, 0.25) is 5.13 Å². The van der Waals surface area contributed by atoms with Crippen molar-refractivity contribution in [1.82, 2.24) is 4.98 Å². The molecule has 1 aliphatic rings. The number of hydrogen-bond acceptors (Lipinski definition) is 4. The molecule has 2 heterocycles. The van der Waals surface area contributed by atoms with E-state index in [2.05, 4.69) is 16.0 Å². The molecule has 0 amide bonds. The Labute approximate surface area is 108 Å². The van der Waals surface area contributed by atoms with Gasteiger partial charge in [0.05, 0.1) is 12.3 Å². The number of aliphatic imine (C=N–C) groups is 1. The zero-order chi connectivity index (χ0) is 12.5. The molecule has 0 atom stereocenters. The van der Waals surface area contributed by atoms with Crippen LogP contribution in [0.5, 0.6) is 5.75 Å². The first kappa shape index (κ1) is 11.0. The van der Waals surface area contributed by atoms with E-state index >= 15 is 0 Å². The lowest BCUT2D eigenvalue weighted by atomic mass is 10.1. The van der Waals surface area contributed by atoms with Gasteiger partial charge in [0, 0.05) is 17.4 Å². The van der Waals surface area contributed by atoms with E-state index in [4.69, 9.17) is 16.2 Å². The zero-order valence-electron chi connectivity index (χ0n) is 9.59. The summed E-state index contributed by atoms with van der Waals surface area (Å²) in [7, 11) is 0. The third kappa shape index (κ3) is 2.02. The molecule has 1 aromatic heterocycles. The second kappa shape index (κ2) is 4.30. The highest BCUT2D eigenvalue weighted by Crippen LogP contribution is 2.32. The molecule has 0 aliphatic carbocycles. The molecule has 1 aromatic carbocycles. The first-order valence-corrected chi connectivity index (χ1v) is 6.41. The average Bonchev–Trinajstić information content (AvgIpc) is 2.95. The first-order chi connectivity index (χ1) is 8.72. The minimum Gasteiger partial charge on any atom is -0.493 e. The molecule has 0 unspecified atom stereocenters. The number of aromatic nitrogens is 1. The monoisotopic (exact) mass is 260 g/mol. The van der Waals surface area contributed by atoms with Gasteiger partial charge in [-0.2, -0.15) is 4.99 Å². The molecule has 5 nitrogen and oxygen atoms in total. The van der Waals surface area contributed by atoms with Crippen LogP contribution in [-0.4, -0.2) is 17.6 Å². The van der Waals surface area contributed by atoms with E-state index in [1.165, 1.54) is 16.9 Å². The van der Waals surface area contributed by atoms with Gasteiger partial charge in [-0.3, -0.25) is 0 Å². The molecule has 6 heteroatoms. The lowest BCUT2D eigenvalue weighted by molar-refractivity contribution is 0.357. The van der Waals surface area contributed by atoms with Crippen molar-refractivity contribution in [3.63, 3.8) is 0 Å². The maximum absolute atomic E-state index is 5.47. The van der Waals surface area contributed by atoms with Gasteiger partial charge in [0.25, 0.3) is 0 Å². The summed E-state index contributed by atoms with van der Waals surface area (Å²) in [5.74, 6) is 0.997. The molecule has 0 saturated heterocycles. The molecular weight excluding hydrogens is 248 g/mol. The van der Waals surface area contributed by atoms with Gasteiger partial charge in [-0.25, -0.2) is 4.98 Å². The van der Waals surface area contributed by atoms with E-state index in [1.54, 1.807) is 0 Å². The van der Waals surface area contributed by atoms with Crippen LogP contribution in [0.25, 0.3) is 11.3 Å². The van der Waals surface area contributed by atoms with Gasteiger partial charge in [-0.05, 0) is 23.8 Å². The van der Waals surface area contributed by atoms with Gasteiger partial charge in [0.15, 0.2) is 5.96 Å². The predicted molar refractivity (Wildman–Crippen MR) is 72.2 cm³/mol. The van der Waals surface area contributed by atoms with E-state index < -0.39 is 0 Å². The van der Waals surface area contributed by atoms with Gasteiger partial charge in [-0.1, -0.05) is 0 Å². The minimum atomic E-state index is 0.0262. The van der Waals surface area contributed by atoms with E-state index in [0.717, 1.165) is 30.0 Å². The van der Waals surface area contributed by atoms with E-state index in [-0.39, 0.29) is 5.96 Å². The molecule has 0 fully saturated rings. The third-order valence-electron chi connectivity index (χ3n) is 2.70. The largest absolute Gasteiger partial charge is 0.493 e. The van der Waals surface area contributed by atoms with Crippen molar-refractivity contribution in [2.45, 2.75) is 6.42 Å². The quantitative estimate of drug-likeness (QED) is 0.635. The van der Waals surface area contributed by atoms with Crippen molar-refractivity contribution in [2.75, 3.05) is 6.61 Å². The number of hydrogen-bond donors (Lipinski definition) is 2. The average molecular weight is 260 g/mol. The van der Waals surface area contributed by atoms with Crippen molar-refractivity contribution >= 4 is 22.4 Å².